The fourth-order valence-corrected chi connectivity index (χ4v) is 3.61. The van der Waals surface area contributed by atoms with Gasteiger partial charge in [0.1, 0.15) is 13.2 Å². The quantitative estimate of drug-likeness (QED) is 0.876. The molecule has 0 aliphatic carbocycles. The summed E-state index contributed by atoms with van der Waals surface area (Å²) in [5.41, 5.74) is -1.52. The number of para-hydroxylation sites is 1. The maximum Gasteiger partial charge on any atom is 0.417 e. The van der Waals surface area contributed by atoms with Gasteiger partial charge in [0, 0.05) is 0 Å². The average Bonchev–Trinajstić information content (AvgIpc) is 2.60. The molecule has 0 saturated carbocycles. The van der Waals surface area contributed by atoms with Crippen LogP contribution in [0.15, 0.2) is 47.4 Å². The van der Waals surface area contributed by atoms with E-state index in [9.17, 15) is 26.4 Å². The summed E-state index contributed by atoms with van der Waals surface area (Å²) in [7, 11) is -4.76. The fourth-order valence-electron chi connectivity index (χ4n) is 2.42. The van der Waals surface area contributed by atoms with Crippen molar-refractivity contribution >= 4 is 15.9 Å². The maximum absolute atomic E-state index is 13.1. The van der Waals surface area contributed by atoms with E-state index < -0.39 is 32.6 Å². The number of sulfonamides is 1. The molecule has 0 spiro atoms. The molecule has 0 atom stereocenters. The predicted octanol–water partition coefficient (Wildman–Crippen LogP) is 2.60. The molecule has 0 unspecified atom stereocenters. The third kappa shape index (κ3) is 3.45. The Labute approximate surface area is 146 Å². The topological polar surface area (TPSA) is 81.7 Å². The molecule has 1 aliphatic heterocycles. The van der Waals surface area contributed by atoms with Crippen molar-refractivity contribution in [3.63, 3.8) is 0 Å². The Morgan fingerprint density at radius 1 is 1.00 bits per heavy atom. The zero-order chi connectivity index (χ0) is 18.9. The number of carbonyl (C=O) groups is 1. The van der Waals surface area contributed by atoms with Crippen molar-refractivity contribution in [2.24, 2.45) is 0 Å². The van der Waals surface area contributed by atoms with Crippen LogP contribution < -0.4 is 14.2 Å². The Morgan fingerprint density at radius 2 is 1.69 bits per heavy atom. The number of alkyl halides is 3. The number of benzene rings is 2. The van der Waals surface area contributed by atoms with Crippen LogP contribution in [0.2, 0.25) is 0 Å². The van der Waals surface area contributed by atoms with Gasteiger partial charge in [0.05, 0.1) is 16.0 Å². The van der Waals surface area contributed by atoms with Gasteiger partial charge in [-0.25, -0.2) is 13.1 Å². The maximum atomic E-state index is 13.1. The normalized spacial score (nSPS) is 14.0. The Balaban J connectivity index is 1.96. The molecule has 0 radical (unpaired) electrons. The number of hydrogen-bond donors (Lipinski definition) is 1. The van der Waals surface area contributed by atoms with Crippen LogP contribution in [0.4, 0.5) is 13.2 Å². The first kappa shape index (κ1) is 18.1. The summed E-state index contributed by atoms with van der Waals surface area (Å²) in [6.45, 7) is 0.413. The lowest BCUT2D eigenvalue weighted by Gasteiger charge is -2.20. The third-order valence-electron chi connectivity index (χ3n) is 3.52. The van der Waals surface area contributed by atoms with E-state index in [0.717, 1.165) is 18.2 Å². The van der Waals surface area contributed by atoms with Crippen LogP contribution in [0, 0.1) is 0 Å². The largest absolute Gasteiger partial charge is 0.486 e. The molecule has 10 heteroatoms. The summed E-state index contributed by atoms with van der Waals surface area (Å²) in [5, 5.41) is 0. The molecular weight excluding hydrogens is 375 g/mol. The molecule has 138 valence electrons. The van der Waals surface area contributed by atoms with E-state index >= 15 is 0 Å². The number of rotatable bonds is 3. The average molecular weight is 387 g/mol. The molecule has 26 heavy (non-hydrogen) atoms. The van der Waals surface area contributed by atoms with Crippen LogP contribution in [0.25, 0.3) is 0 Å². The summed E-state index contributed by atoms with van der Waals surface area (Å²) in [5.74, 6) is -0.836. The first-order chi connectivity index (χ1) is 12.2. The molecule has 1 N–H and O–H groups in total. The Kier molecular flexibility index (Phi) is 4.53. The van der Waals surface area contributed by atoms with Crippen LogP contribution >= 0.6 is 0 Å². The van der Waals surface area contributed by atoms with E-state index in [1.807, 2.05) is 0 Å². The standard InChI is InChI=1S/C16H12F3NO5S/c17-16(18,19)11-5-1-2-7-13(11)26(22,23)20-15(21)10-4-3-6-12-14(10)25-9-8-24-12/h1-7H,8-9H2,(H,20,21). The number of amides is 1. The molecule has 0 bridgehead atoms. The highest BCUT2D eigenvalue weighted by Gasteiger charge is 2.37. The summed E-state index contributed by atoms with van der Waals surface area (Å²) < 4.78 is 76.1. The van der Waals surface area contributed by atoms with E-state index in [1.165, 1.54) is 18.2 Å². The summed E-state index contributed by atoms with van der Waals surface area (Å²) in [6.07, 6.45) is -4.89. The molecule has 0 saturated heterocycles. The second-order valence-electron chi connectivity index (χ2n) is 5.26. The highest BCUT2D eigenvalue weighted by atomic mass is 32.2. The van der Waals surface area contributed by atoms with Gasteiger partial charge >= 0.3 is 6.18 Å². The smallest absolute Gasteiger partial charge is 0.417 e. The molecule has 1 aliphatic rings. The monoisotopic (exact) mass is 387 g/mol. The minimum Gasteiger partial charge on any atom is -0.486 e. The first-order valence-corrected chi connectivity index (χ1v) is 8.80. The number of hydrogen-bond acceptors (Lipinski definition) is 5. The van der Waals surface area contributed by atoms with E-state index in [0.29, 0.717) is 6.07 Å². The molecule has 0 aromatic heterocycles. The van der Waals surface area contributed by atoms with Crippen LogP contribution in [0.1, 0.15) is 15.9 Å². The number of ether oxygens (including phenoxy) is 2. The Hall–Kier alpha value is -2.75. The van der Waals surface area contributed by atoms with Gasteiger partial charge in [-0.15, -0.1) is 0 Å². The lowest BCUT2D eigenvalue weighted by molar-refractivity contribution is -0.139. The van der Waals surface area contributed by atoms with Crippen molar-refractivity contribution in [2.45, 2.75) is 11.1 Å². The van der Waals surface area contributed by atoms with E-state index in [4.69, 9.17) is 9.47 Å². The van der Waals surface area contributed by atoms with E-state index in [-0.39, 0.29) is 30.3 Å². The summed E-state index contributed by atoms with van der Waals surface area (Å²) in [6, 6.07) is 7.85. The Morgan fingerprint density at radius 3 is 2.42 bits per heavy atom. The van der Waals surface area contributed by atoms with Gasteiger partial charge in [-0.05, 0) is 24.3 Å². The SMILES string of the molecule is O=C(NS(=O)(=O)c1ccccc1C(F)(F)F)c1cccc2c1OCCO2. The lowest BCUT2D eigenvalue weighted by Crippen LogP contribution is -2.33. The highest BCUT2D eigenvalue weighted by molar-refractivity contribution is 7.90. The first-order valence-electron chi connectivity index (χ1n) is 7.32. The van der Waals surface area contributed by atoms with Crippen LogP contribution in [0.5, 0.6) is 11.5 Å². The van der Waals surface area contributed by atoms with Crippen molar-refractivity contribution in [2.75, 3.05) is 13.2 Å². The molecule has 6 nitrogen and oxygen atoms in total. The molecule has 0 fully saturated rings. The molecule has 2 aromatic rings. The molecule has 3 rings (SSSR count). The zero-order valence-corrected chi connectivity index (χ0v) is 13.9. The van der Waals surface area contributed by atoms with Gasteiger partial charge in [0.25, 0.3) is 15.9 Å². The number of nitrogens with one attached hydrogen (secondary N) is 1. The number of carbonyl (C=O) groups excluding carboxylic acids is 1. The number of halogens is 3. The zero-order valence-electron chi connectivity index (χ0n) is 13.0. The van der Waals surface area contributed by atoms with Crippen LogP contribution in [-0.4, -0.2) is 27.5 Å². The van der Waals surface area contributed by atoms with Gasteiger partial charge in [-0.1, -0.05) is 18.2 Å². The van der Waals surface area contributed by atoms with E-state index in [1.54, 1.807) is 4.72 Å². The minimum absolute atomic E-state index is 0.0376. The fraction of sp³-hybridized carbons (Fsp3) is 0.188. The molecule has 2 aromatic carbocycles. The molecule has 1 heterocycles. The molecule has 1 amide bonds. The van der Waals surface area contributed by atoms with Crippen LogP contribution in [-0.2, 0) is 16.2 Å². The van der Waals surface area contributed by atoms with E-state index in [2.05, 4.69) is 0 Å². The number of fused-ring (bicyclic) bond motifs is 1. The van der Waals surface area contributed by atoms with Crippen molar-refractivity contribution < 1.29 is 35.9 Å². The van der Waals surface area contributed by atoms with Gasteiger partial charge in [-0.2, -0.15) is 13.2 Å². The van der Waals surface area contributed by atoms with Crippen LogP contribution in [0.3, 0.4) is 0 Å². The van der Waals surface area contributed by atoms with Crippen molar-refractivity contribution in [3.05, 3.63) is 53.6 Å². The van der Waals surface area contributed by atoms with Crippen molar-refractivity contribution in [1.29, 1.82) is 0 Å². The van der Waals surface area contributed by atoms with Crippen molar-refractivity contribution in [1.82, 2.24) is 4.72 Å². The second-order valence-corrected chi connectivity index (χ2v) is 6.91. The summed E-state index contributed by atoms with van der Waals surface area (Å²) >= 11 is 0. The second kappa shape index (κ2) is 6.52. The van der Waals surface area contributed by atoms with Gasteiger partial charge in [0.2, 0.25) is 0 Å². The third-order valence-corrected chi connectivity index (χ3v) is 4.91. The van der Waals surface area contributed by atoms with Gasteiger partial charge in [-0.3, -0.25) is 4.79 Å². The van der Waals surface area contributed by atoms with Gasteiger partial charge < -0.3 is 9.47 Å². The highest BCUT2D eigenvalue weighted by Crippen LogP contribution is 2.35. The lowest BCUT2D eigenvalue weighted by atomic mass is 10.1. The minimum atomic E-state index is -4.89. The predicted molar refractivity (Wildman–Crippen MR) is 83.5 cm³/mol. The molecular formula is C16H12F3NO5S. The van der Waals surface area contributed by atoms with Crippen molar-refractivity contribution in [3.8, 4) is 11.5 Å². The van der Waals surface area contributed by atoms with Gasteiger partial charge in [0.15, 0.2) is 11.5 Å². The summed E-state index contributed by atoms with van der Waals surface area (Å²) in [4.78, 5) is 11.3. The Bertz CT molecular complexity index is 957.